The van der Waals surface area contributed by atoms with Crippen LogP contribution in [0, 0.1) is 11.7 Å². The van der Waals surface area contributed by atoms with Crippen LogP contribution in [-0.4, -0.2) is 35.2 Å². The predicted octanol–water partition coefficient (Wildman–Crippen LogP) is 1.25. The Morgan fingerprint density at radius 2 is 2.05 bits per heavy atom. The van der Waals surface area contributed by atoms with Crippen molar-refractivity contribution in [2.45, 2.75) is 24.3 Å². The fraction of sp³-hybridized carbons (Fsp3) is 0.571. The summed E-state index contributed by atoms with van der Waals surface area (Å²) in [5, 5.41) is 2.89. The first kappa shape index (κ1) is 16.4. The van der Waals surface area contributed by atoms with Gasteiger partial charge in [-0.15, -0.1) is 0 Å². The van der Waals surface area contributed by atoms with E-state index in [4.69, 9.17) is 4.74 Å². The van der Waals surface area contributed by atoms with Crippen LogP contribution >= 0.6 is 0 Å². The summed E-state index contributed by atoms with van der Waals surface area (Å²) in [6.07, 6.45) is 1.65. The smallest absolute Gasteiger partial charge is 0.243 e. The molecule has 1 aliphatic heterocycles. The molecule has 0 amide bonds. The van der Waals surface area contributed by atoms with E-state index in [0.29, 0.717) is 31.9 Å². The van der Waals surface area contributed by atoms with Gasteiger partial charge in [0.25, 0.3) is 0 Å². The van der Waals surface area contributed by atoms with E-state index in [2.05, 4.69) is 10.0 Å². The number of nitrogens with one attached hydrogen (secondary N) is 2. The number of sulfonamides is 1. The lowest BCUT2D eigenvalue weighted by Gasteiger charge is -2.22. The van der Waals surface area contributed by atoms with Crippen molar-refractivity contribution in [3.05, 3.63) is 29.6 Å². The molecule has 2 rings (SSSR count). The number of halogens is 1. The van der Waals surface area contributed by atoms with Gasteiger partial charge in [-0.05, 0) is 43.5 Å². The van der Waals surface area contributed by atoms with E-state index >= 15 is 0 Å². The van der Waals surface area contributed by atoms with Crippen LogP contribution in [-0.2, 0) is 21.3 Å². The highest BCUT2D eigenvalue weighted by atomic mass is 32.2. The summed E-state index contributed by atoms with van der Waals surface area (Å²) in [5.74, 6) is -0.470. The lowest BCUT2D eigenvalue weighted by molar-refractivity contribution is 0.0678. The summed E-state index contributed by atoms with van der Waals surface area (Å²) >= 11 is 0. The minimum atomic E-state index is -3.81. The Kier molecular flexibility index (Phi) is 5.69. The van der Waals surface area contributed by atoms with Gasteiger partial charge in [-0.1, -0.05) is 6.07 Å². The van der Waals surface area contributed by atoms with E-state index in [1.54, 1.807) is 13.1 Å². The van der Waals surface area contributed by atoms with Crippen molar-refractivity contribution in [3.8, 4) is 0 Å². The van der Waals surface area contributed by atoms with Crippen molar-refractivity contribution in [1.29, 1.82) is 0 Å². The van der Waals surface area contributed by atoms with Crippen LogP contribution < -0.4 is 10.0 Å². The van der Waals surface area contributed by atoms with Crippen LogP contribution in [0.4, 0.5) is 4.39 Å². The first-order valence-electron chi connectivity index (χ1n) is 7.03. The highest BCUT2D eigenvalue weighted by Crippen LogP contribution is 2.18. The largest absolute Gasteiger partial charge is 0.381 e. The third-order valence-corrected chi connectivity index (χ3v) is 5.03. The quantitative estimate of drug-likeness (QED) is 0.829. The third-order valence-electron chi connectivity index (χ3n) is 3.57. The van der Waals surface area contributed by atoms with Crippen molar-refractivity contribution in [3.63, 3.8) is 0 Å². The molecule has 1 aliphatic rings. The van der Waals surface area contributed by atoms with E-state index in [1.165, 1.54) is 12.1 Å². The van der Waals surface area contributed by atoms with E-state index in [0.717, 1.165) is 12.8 Å². The summed E-state index contributed by atoms with van der Waals surface area (Å²) in [5.41, 5.74) is 0.707. The van der Waals surface area contributed by atoms with Crippen LogP contribution in [0.3, 0.4) is 0 Å². The Labute approximate surface area is 124 Å². The van der Waals surface area contributed by atoms with Crippen LogP contribution in [0.1, 0.15) is 18.4 Å². The average molecular weight is 316 g/mol. The molecule has 0 saturated carbocycles. The molecule has 0 radical (unpaired) electrons. The minimum Gasteiger partial charge on any atom is -0.381 e. The van der Waals surface area contributed by atoms with Crippen LogP contribution in [0.15, 0.2) is 23.1 Å². The Morgan fingerprint density at radius 3 is 2.67 bits per heavy atom. The zero-order valence-electron chi connectivity index (χ0n) is 12.1. The fourth-order valence-electron chi connectivity index (χ4n) is 2.33. The van der Waals surface area contributed by atoms with Gasteiger partial charge < -0.3 is 10.1 Å². The molecule has 1 heterocycles. The Balaban J connectivity index is 2.04. The van der Waals surface area contributed by atoms with Crippen molar-refractivity contribution < 1.29 is 17.5 Å². The first-order chi connectivity index (χ1) is 10.0. The molecule has 0 aliphatic carbocycles. The molecule has 0 aromatic heterocycles. The number of rotatable bonds is 6. The van der Waals surface area contributed by atoms with Gasteiger partial charge >= 0.3 is 0 Å². The summed E-state index contributed by atoms with van der Waals surface area (Å²) < 4.78 is 46.0. The molecule has 5 nitrogen and oxygen atoms in total. The van der Waals surface area contributed by atoms with E-state index in [9.17, 15) is 12.8 Å². The van der Waals surface area contributed by atoms with Gasteiger partial charge in [-0.25, -0.2) is 17.5 Å². The van der Waals surface area contributed by atoms with E-state index < -0.39 is 15.8 Å². The number of benzene rings is 1. The molecule has 1 aromatic carbocycles. The Bertz CT molecular complexity index is 572. The first-order valence-corrected chi connectivity index (χ1v) is 8.51. The highest BCUT2D eigenvalue weighted by Gasteiger charge is 2.22. The molecular formula is C14H21FN2O3S. The number of hydrogen-bond acceptors (Lipinski definition) is 4. The lowest BCUT2D eigenvalue weighted by Crippen LogP contribution is -2.32. The van der Waals surface area contributed by atoms with Crippen LogP contribution in [0.2, 0.25) is 0 Å². The van der Waals surface area contributed by atoms with Crippen molar-refractivity contribution in [2.24, 2.45) is 5.92 Å². The molecule has 0 spiro atoms. The topological polar surface area (TPSA) is 67.4 Å². The van der Waals surface area contributed by atoms with Gasteiger partial charge in [0.1, 0.15) is 10.7 Å². The molecular weight excluding hydrogens is 295 g/mol. The Morgan fingerprint density at radius 1 is 1.33 bits per heavy atom. The zero-order valence-corrected chi connectivity index (χ0v) is 12.9. The molecule has 7 heteroatoms. The number of hydrogen-bond donors (Lipinski definition) is 2. The van der Waals surface area contributed by atoms with Gasteiger partial charge in [0.2, 0.25) is 10.0 Å². The van der Waals surface area contributed by atoms with Crippen molar-refractivity contribution in [1.82, 2.24) is 10.0 Å². The monoisotopic (exact) mass is 316 g/mol. The summed E-state index contributed by atoms with van der Waals surface area (Å²) in [6.45, 7) is 2.12. The van der Waals surface area contributed by atoms with Gasteiger partial charge in [-0.3, -0.25) is 0 Å². The zero-order chi connectivity index (χ0) is 15.3. The average Bonchev–Trinajstić information content (AvgIpc) is 2.46. The molecule has 1 aromatic rings. The SMILES string of the molecule is CNCc1ccc(S(=O)(=O)NCC2CCOCC2)c(F)c1. The Hall–Kier alpha value is -1.02. The second-order valence-corrected chi connectivity index (χ2v) is 6.94. The van der Waals surface area contributed by atoms with E-state index in [-0.39, 0.29) is 10.8 Å². The fourth-order valence-corrected chi connectivity index (χ4v) is 3.51. The van der Waals surface area contributed by atoms with Crippen LogP contribution in [0.5, 0.6) is 0 Å². The normalized spacial score (nSPS) is 17.0. The van der Waals surface area contributed by atoms with Crippen molar-refractivity contribution >= 4 is 10.0 Å². The van der Waals surface area contributed by atoms with Gasteiger partial charge in [-0.2, -0.15) is 0 Å². The minimum absolute atomic E-state index is 0.250. The lowest BCUT2D eigenvalue weighted by atomic mass is 10.0. The van der Waals surface area contributed by atoms with Gasteiger partial charge in [0.05, 0.1) is 0 Å². The van der Waals surface area contributed by atoms with Crippen LogP contribution in [0.25, 0.3) is 0 Å². The molecule has 1 saturated heterocycles. The number of ether oxygens (including phenoxy) is 1. The van der Waals surface area contributed by atoms with Gasteiger partial charge in [0, 0.05) is 26.3 Å². The standard InChI is InChI=1S/C14H21FN2O3S/c1-16-9-12-2-3-14(13(15)8-12)21(18,19)17-10-11-4-6-20-7-5-11/h2-3,8,11,16-17H,4-7,9-10H2,1H3. The maximum absolute atomic E-state index is 14.0. The summed E-state index contributed by atoms with van der Waals surface area (Å²) in [6, 6.07) is 4.18. The molecule has 1 fully saturated rings. The summed E-state index contributed by atoms with van der Waals surface area (Å²) in [7, 11) is -2.06. The predicted molar refractivity (Wildman–Crippen MR) is 77.9 cm³/mol. The van der Waals surface area contributed by atoms with E-state index in [1.807, 2.05) is 0 Å². The second-order valence-electron chi connectivity index (χ2n) is 5.20. The molecule has 0 unspecified atom stereocenters. The van der Waals surface area contributed by atoms with Crippen molar-refractivity contribution in [2.75, 3.05) is 26.8 Å². The highest BCUT2D eigenvalue weighted by molar-refractivity contribution is 7.89. The molecule has 2 N–H and O–H groups in total. The molecule has 0 bridgehead atoms. The summed E-state index contributed by atoms with van der Waals surface area (Å²) in [4.78, 5) is -0.297. The van der Waals surface area contributed by atoms with Gasteiger partial charge in [0.15, 0.2) is 0 Å². The molecule has 21 heavy (non-hydrogen) atoms. The third kappa shape index (κ3) is 4.47. The maximum Gasteiger partial charge on any atom is 0.243 e. The molecule has 118 valence electrons. The second kappa shape index (κ2) is 7.31. The maximum atomic E-state index is 14.0. The molecule has 0 atom stereocenters.